The lowest BCUT2D eigenvalue weighted by Crippen LogP contribution is -2.40. The Labute approximate surface area is 710 Å². The third-order valence-electron chi connectivity index (χ3n) is 16.0. The van der Waals surface area contributed by atoms with Crippen LogP contribution in [0.5, 0.6) is 0 Å². The van der Waals surface area contributed by atoms with E-state index in [4.69, 9.17) is 125 Å². The van der Waals surface area contributed by atoms with Gasteiger partial charge in [-0.05, 0) is 196 Å². The van der Waals surface area contributed by atoms with Crippen molar-refractivity contribution in [2.24, 2.45) is 0 Å². The summed E-state index contributed by atoms with van der Waals surface area (Å²) in [6, 6.07) is 56.7. The number of furan rings is 7. The maximum atomic E-state index is 13.6. The Bertz CT molecular complexity index is 4720. The normalized spacial score (nSPS) is 14.7. The number of carbonyl (C=O) groups excluding carboxylic acids is 4. The molecular weight excluding hydrogens is 1720 g/mol. The smallest absolute Gasteiger partial charge is 0.362 e. The number of hydrogen-bond donors (Lipinski definition) is 8. The van der Waals surface area contributed by atoms with E-state index in [2.05, 4.69) is 9.47 Å². The van der Waals surface area contributed by atoms with E-state index in [1.54, 1.807) is 200 Å². The van der Waals surface area contributed by atoms with Crippen LogP contribution in [-0.4, -0.2) is 102 Å². The van der Waals surface area contributed by atoms with Crippen LogP contribution in [0.15, 0.2) is 237 Å². The monoisotopic (exact) mass is 1820 g/mol. The molecule has 2 aliphatic rings. The van der Waals surface area contributed by atoms with Crippen LogP contribution in [-0.2, 0) is 181 Å². The predicted octanol–water partition coefficient (Wildman–Crippen LogP) is 13.1. The van der Waals surface area contributed by atoms with Gasteiger partial charge >= 0.3 is 46.7 Å². The quantitative estimate of drug-likeness (QED) is 0.0105. The molecule has 40 heteroatoms. The molecule has 0 aliphatic carbocycles. The molecule has 2 saturated heterocycles. The van der Waals surface area contributed by atoms with Gasteiger partial charge in [0.2, 0.25) is 0 Å². The molecule has 9 heterocycles. The van der Waals surface area contributed by atoms with E-state index in [0.717, 1.165) is 13.2 Å². The summed E-state index contributed by atoms with van der Waals surface area (Å²) >= 11 is 10.8. The average Bonchev–Trinajstić information content (AvgIpc) is 1.72. The summed E-state index contributed by atoms with van der Waals surface area (Å²) in [5, 5.41) is 73.1. The molecule has 4 unspecified atom stereocenters. The SMILES string of the molecule is C1CCOC1.CC(O)C(=O)OCc1ccc(COP(=O)(OCc2ccc(COC(=O)C(C)O)o2)c2ccccc2)o1.CC1OC(=O)C(C)OC1=O.O=P(Cl)(Cl)c1ccccc1.O=P(OCc1ccc(CO)o1)(OCc1ccc(CO)o1)c1ccccc1.O=P(OCc1ccc(CO)o1)(OCc1ccc(CO)o1)c1ccccc1.OCc1ccc(CO)o1. The van der Waals surface area contributed by atoms with E-state index >= 15 is 0 Å². The van der Waals surface area contributed by atoms with Crippen molar-refractivity contribution in [1.29, 1.82) is 0 Å². The number of aliphatic hydroxyl groups excluding tert-OH is 8. The van der Waals surface area contributed by atoms with Crippen LogP contribution < -0.4 is 21.2 Å². The minimum atomic E-state index is -3.83. The van der Waals surface area contributed by atoms with Crippen LogP contribution in [0.4, 0.5) is 0 Å². The second-order valence-electron chi connectivity index (χ2n) is 25.5. The zero-order chi connectivity index (χ0) is 88.5. The topological polar surface area (TPSA) is 492 Å². The van der Waals surface area contributed by atoms with Crippen molar-refractivity contribution in [3.8, 4) is 0 Å². The summed E-state index contributed by atoms with van der Waals surface area (Å²) in [4.78, 5) is 44.1. The molecule has 13 rings (SSSR count). The second-order valence-corrected chi connectivity index (χ2v) is 36.4. The lowest BCUT2D eigenvalue weighted by atomic mass is 10.3. The van der Waals surface area contributed by atoms with Gasteiger partial charge in [-0.15, -0.1) is 0 Å². The van der Waals surface area contributed by atoms with Crippen molar-refractivity contribution in [2.45, 2.75) is 157 Å². The highest BCUT2D eigenvalue weighted by Gasteiger charge is 2.34. The summed E-state index contributed by atoms with van der Waals surface area (Å²) in [5.74, 6) is -0.0807. The van der Waals surface area contributed by atoms with Crippen LogP contribution in [0.3, 0.4) is 0 Å². The summed E-state index contributed by atoms with van der Waals surface area (Å²) in [5.41, 5.74) is 0. The number of carbonyl (C=O) groups is 4. The van der Waals surface area contributed by atoms with Crippen LogP contribution in [0.2, 0.25) is 0 Å². The molecule has 11 aromatic rings. The molecule has 122 heavy (non-hydrogen) atoms. The van der Waals surface area contributed by atoms with Crippen molar-refractivity contribution in [3.63, 3.8) is 0 Å². The first kappa shape index (κ1) is 99.7. The third-order valence-corrected chi connectivity index (χ3v) is 23.6. The molecular formula is C82H94Cl2O34P4. The van der Waals surface area contributed by atoms with Crippen LogP contribution in [0, 0.1) is 0 Å². The second kappa shape index (κ2) is 51.6. The standard InChI is InChI=1S/C24H27O11P.2C18H19O7P.C6H5Cl2OP.C6H8O4.C6H8O3.C4H8O/c1-16(25)23(27)30-12-18-8-10-20(34-18)14-32-36(29,22-6-4-3-5-7-22)33-15-21-11-9-19(35-21)13-31-24(28)17(2)26;2*19-10-14-6-8-16(24-14)12-22-26(21,18-4-2-1-3-5-18)23-13-17-9-7-15(11-20)25-17;7-10(8,9)6-4-2-1-3-5-6;1-3-5(7)10-4(2)6(8)9-3;7-3-5-1-2-6(4-8)9-5;1-2-4-5-3-1/h3-11,16-17,25-26H,12-15H2,1-2H3;2*1-9,19-20H,10-13H2;1-5H;3-4H,1-2H3;1-2,7-8H,3-4H2;1-4H2. The first-order valence-electron chi connectivity index (χ1n) is 37.3. The highest BCUT2D eigenvalue weighted by molar-refractivity contribution is 8.13. The Morgan fingerprint density at radius 2 is 0.533 bits per heavy atom. The molecule has 0 radical (unpaired) electrons. The lowest BCUT2D eigenvalue weighted by molar-refractivity contribution is -0.191. The minimum Gasteiger partial charge on any atom is -0.461 e. The van der Waals surface area contributed by atoms with Gasteiger partial charge in [-0.2, -0.15) is 0 Å². The van der Waals surface area contributed by atoms with Gasteiger partial charge in [0.15, 0.2) is 12.2 Å². The number of ether oxygens (including phenoxy) is 5. The third kappa shape index (κ3) is 34.4. The molecule has 7 aromatic heterocycles. The van der Waals surface area contributed by atoms with Gasteiger partial charge in [-0.25, -0.2) is 19.2 Å². The number of esters is 4. The molecule has 8 N–H and O–H groups in total. The number of cyclic esters (lactones) is 2. The van der Waals surface area contributed by atoms with Gasteiger partial charge in [0.25, 0.3) is 5.85 Å². The molecule has 2 aliphatic heterocycles. The maximum absolute atomic E-state index is 13.6. The summed E-state index contributed by atoms with van der Waals surface area (Å²) in [7, 11) is -11.1. The van der Waals surface area contributed by atoms with E-state index in [1.165, 1.54) is 40.5 Å². The number of benzene rings is 4. The van der Waals surface area contributed by atoms with Gasteiger partial charge in [0, 0.05) is 18.5 Å². The van der Waals surface area contributed by atoms with Crippen LogP contribution in [0.1, 0.15) is 121 Å². The molecule has 0 amide bonds. The molecule has 2 fully saturated rings. The molecule has 0 spiro atoms. The van der Waals surface area contributed by atoms with E-state index in [0.29, 0.717) is 102 Å². The van der Waals surface area contributed by atoms with E-state index in [9.17, 15) is 47.7 Å². The summed E-state index contributed by atoms with van der Waals surface area (Å²) in [6.45, 7) is 5.36. The van der Waals surface area contributed by atoms with Crippen molar-refractivity contribution in [1.82, 2.24) is 0 Å². The summed E-state index contributed by atoms with van der Waals surface area (Å²) in [6.07, 6.45) is -1.44. The van der Waals surface area contributed by atoms with Gasteiger partial charge in [-0.1, -0.05) is 72.8 Å². The van der Waals surface area contributed by atoms with E-state index in [-0.39, 0.29) is 92.5 Å². The average molecular weight is 1820 g/mol. The van der Waals surface area contributed by atoms with Gasteiger partial charge < -0.3 is 95.5 Å². The fourth-order valence-corrected chi connectivity index (χ4v) is 15.4. The number of aliphatic hydroxyl groups is 8. The predicted molar refractivity (Wildman–Crippen MR) is 436 cm³/mol. The Hall–Kier alpha value is -9.38. The van der Waals surface area contributed by atoms with Crippen molar-refractivity contribution in [2.75, 3.05) is 13.2 Å². The zero-order valence-electron chi connectivity index (χ0n) is 66.4. The Morgan fingerprint density at radius 1 is 0.336 bits per heavy atom. The largest absolute Gasteiger partial charge is 0.461 e. The number of halogens is 2. The van der Waals surface area contributed by atoms with E-state index < -0.39 is 76.9 Å². The fourth-order valence-electron chi connectivity index (χ4n) is 9.64. The van der Waals surface area contributed by atoms with Crippen LogP contribution in [0.25, 0.3) is 0 Å². The highest BCUT2D eigenvalue weighted by Crippen LogP contribution is 2.55. The van der Waals surface area contributed by atoms with Gasteiger partial charge in [0.05, 0.1) is 15.9 Å². The minimum absolute atomic E-state index is 0.0772. The number of hydrogen-bond acceptors (Lipinski definition) is 34. The number of rotatable bonds is 34. The molecule has 34 nitrogen and oxygen atoms in total. The Morgan fingerprint density at radius 3 is 0.713 bits per heavy atom. The van der Waals surface area contributed by atoms with Crippen LogP contribution >= 0.6 is 51.1 Å². The maximum Gasteiger partial charge on any atom is 0.362 e. The molecule has 4 aromatic carbocycles. The zero-order valence-corrected chi connectivity index (χ0v) is 71.5. The summed E-state index contributed by atoms with van der Waals surface area (Å²) < 4.78 is 146. The van der Waals surface area contributed by atoms with Gasteiger partial charge in [0.1, 0.15) is 185 Å². The molecule has 0 bridgehead atoms. The first-order chi connectivity index (χ1) is 58.5. The van der Waals surface area contributed by atoms with Gasteiger partial charge in [-0.3, -0.25) is 45.4 Å². The fraction of sp³-hybridized carbons (Fsp3) is 0.317. The van der Waals surface area contributed by atoms with Crippen molar-refractivity contribution in [3.05, 3.63) is 287 Å². The Balaban J connectivity index is 0.000000212. The molecule has 4 atom stereocenters. The lowest BCUT2D eigenvalue weighted by Gasteiger charge is -2.22. The van der Waals surface area contributed by atoms with Crippen molar-refractivity contribution >= 4 is 96.2 Å². The molecule has 0 saturated carbocycles. The molecule has 660 valence electrons. The highest BCUT2D eigenvalue weighted by atomic mass is 35.9. The Kier molecular flexibility index (Phi) is 42.2. The van der Waals surface area contributed by atoms with Crippen molar-refractivity contribution < 1.29 is 160 Å². The first-order valence-corrected chi connectivity index (χ1v) is 45.4. The van der Waals surface area contributed by atoms with E-state index in [1.807, 2.05) is 6.07 Å².